The number of rotatable bonds is 8. The first-order valence-electron chi connectivity index (χ1n) is 10.6. The summed E-state index contributed by atoms with van der Waals surface area (Å²) < 4.78 is 0. The van der Waals surface area contributed by atoms with Crippen LogP contribution < -0.4 is 0 Å². The summed E-state index contributed by atoms with van der Waals surface area (Å²) in [4.78, 5) is 5.90. The molecule has 0 bridgehead atoms. The second kappa shape index (κ2) is 9.01. The van der Waals surface area contributed by atoms with Crippen molar-refractivity contribution in [2.45, 2.75) is 119 Å². The molecule has 152 valence electrons. The van der Waals surface area contributed by atoms with Crippen LogP contribution >= 0.6 is 14.5 Å². The molecule has 8 heteroatoms. The van der Waals surface area contributed by atoms with Crippen LogP contribution in [0.1, 0.15) is 55.4 Å². The molecule has 0 aromatic carbocycles. The van der Waals surface area contributed by atoms with Gasteiger partial charge in [0, 0.05) is 0 Å². The number of nitrogens with zero attached hydrogens (tertiary/aromatic N) is 2. The summed E-state index contributed by atoms with van der Waals surface area (Å²) in [7, 11) is -2.27. The summed E-state index contributed by atoms with van der Waals surface area (Å²) in [5.74, 6) is 0. The Bertz CT molecular complexity index is 399. The van der Waals surface area contributed by atoms with Crippen molar-refractivity contribution in [1.29, 1.82) is 0 Å². The first-order valence-corrected chi connectivity index (χ1v) is 22.3. The van der Waals surface area contributed by atoms with Gasteiger partial charge < -0.3 is 9.62 Å². The van der Waals surface area contributed by atoms with Gasteiger partial charge in [0.05, 0.1) is 15.5 Å². The van der Waals surface area contributed by atoms with E-state index in [4.69, 9.17) is 0 Å². The Morgan fingerprint density at radius 3 is 0.808 bits per heavy atom. The van der Waals surface area contributed by atoms with Crippen LogP contribution in [0.3, 0.4) is 0 Å². The summed E-state index contributed by atoms with van der Waals surface area (Å²) in [5.41, 5.74) is 0. The van der Waals surface area contributed by atoms with Crippen molar-refractivity contribution in [3.63, 3.8) is 0 Å². The fraction of sp³-hybridized carbons (Fsp3) is 1.00. The van der Waals surface area contributed by atoms with Gasteiger partial charge in [-0.15, -0.1) is 14.5 Å². The van der Waals surface area contributed by atoms with Crippen molar-refractivity contribution < 1.29 is 0 Å². The molecule has 1 aliphatic heterocycles. The van der Waals surface area contributed by atoms with E-state index >= 15 is 0 Å². The van der Waals surface area contributed by atoms with Crippen molar-refractivity contribution in [1.82, 2.24) is 9.62 Å². The molecule has 1 aliphatic rings. The van der Waals surface area contributed by atoms with E-state index in [-0.39, 0.29) is 14.5 Å². The zero-order valence-electron chi connectivity index (χ0n) is 20.3. The summed E-state index contributed by atoms with van der Waals surface area (Å²) >= 11 is 0. The molecule has 2 nitrogen and oxygen atoms in total. The number of hydrogen-bond acceptors (Lipinski definition) is 2. The Kier molecular flexibility index (Phi) is 8.79. The van der Waals surface area contributed by atoms with E-state index in [0.29, 0.717) is 24.2 Å². The van der Waals surface area contributed by atoms with Crippen molar-refractivity contribution in [3.8, 4) is 0 Å². The van der Waals surface area contributed by atoms with Crippen LogP contribution in [-0.2, 0) is 0 Å². The average molecular weight is 430 g/mol. The predicted molar refractivity (Wildman–Crippen MR) is 136 cm³/mol. The lowest BCUT2D eigenvalue weighted by atomic mass is 10.1. The van der Waals surface area contributed by atoms with Crippen LogP contribution in [-0.4, -0.2) is 61.8 Å². The minimum absolute atomic E-state index is 0.0765. The predicted octanol–water partition coefficient (Wildman–Crippen LogP) is 6.84. The average Bonchev–Trinajstić information content (AvgIpc) is 2.30. The summed E-state index contributed by atoms with van der Waals surface area (Å²) in [6, 6.07) is 2.65. The van der Waals surface area contributed by atoms with E-state index in [1.807, 2.05) is 0 Å². The Hall–Kier alpha value is 1.34. The summed E-state index contributed by atoms with van der Waals surface area (Å²) in [5, 5.41) is 0. The highest BCUT2D eigenvalue weighted by molar-refractivity contribution is 8.74. The molecular formula is C18H46B2N2P2Si2. The second-order valence-corrected chi connectivity index (χ2v) is 35.4. The molecule has 1 rings (SSSR count). The minimum Gasteiger partial charge on any atom is -0.331 e. The van der Waals surface area contributed by atoms with Crippen molar-refractivity contribution in [3.05, 3.63) is 0 Å². The van der Waals surface area contributed by atoms with Gasteiger partial charge in [-0.2, -0.15) is 0 Å². The van der Waals surface area contributed by atoms with Gasteiger partial charge in [-0.1, -0.05) is 94.7 Å². The molecule has 0 spiro atoms. The molecule has 0 N–H and O–H groups in total. The van der Waals surface area contributed by atoms with Gasteiger partial charge >= 0.3 is 0 Å². The van der Waals surface area contributed by atoms with Crippen LogP contribution in [0.5, 0.6) is 0 Å². The van der Waals surface area contributed by atoms with Crippen LogP contribution in [0.15, 0.2) is 0 Å². The molecule has 0 saturated carbocycles. The van der Waals surface area contributed by atoms with E-state index in [2.05, 4.69) is 104 Å². The van der Waals surface area contributed by atoms with Crippen LogP contribution in [0, 0.1) is 0 Å². The molecule has 0 unspecified atom stereocenters. The SMILES string of the molecule is CC(C)N(B1P([Si](C)(C)C)B(N(C(C)C)C(C)C)P1[Si](C)(C)C)C(C)C. The van der Waals surface area contributed by atoms with Gasteiger partial charge in [-0.05, 0) is 24.2 Å². The van der Waals surface area contributed by atoms with Crippen LogP contribution in [0.2, 0.25) is 39.3 Å². The van der Waals surface area contributed by atoms with Crippen molar-refractivity contribution in [2.75, 3.05) is 0 Å². The zero-order valence-corrected chi connectivity index (χ0v) is 24.0. The molecule has 1 heterocycles. The van der Waals surface area contributed by atoms with E-state index in [9.17, 15) is 0 Å². The van der Waals surface area contributed by atoms with E-state index in [1.54, 1.807) is 0 Å². The third kappa shape index (κ3) is 5.28. The lowest BCUT2D eigenvalue weighted by Crippen LogP contribution is -2.67. The summed E-state index contributed by atoms with van der Waals surface area (Å²) in [6.45, 7) is 35.4. The van der Waals surface area contributed by atoms with Crippen molar-refractivity contribution in [2.24, 2.45) is 0 Å². The fourth-order valence-electron chi connectivity index (χ4n) is 4.66. The molecule has 0 amide bonds. The maximum atomic E-state index is 2.95. The van der Waals surface area contributed by atoms with Crippen molar-refractivity contribution >= 4 is 42.5 Å². The quantitative estimate of drug-likeness (QED) is 0.307. The molecule has 0 aromatic heterocycles. The standard InChI is InChI=1S/C18H46B2N2P2Si2/c1-15(2)21(16(3)4)19-23(25(9,10)11)20(24(19)26(12,13)14)22(17(5)6)18(7)8/h15-18H,1-14H3. The van der Waals surface area contributed by atoms with Crippen LogP contribution in [0.4, 0.5) is 0 Å². The molecule has 0 aromatic rings. The van der Waals surface area contributed by atoms with E-state index < -0.39 is 15.5 Å². The van der Waals surface area contributed by atoms with Gasteiger partial charge in [0.25, 0.3) is 12.6 Å². The summed E-state index contributed by atoms with van der Waals surface area (Å²) in [6.07, 6.45) is 1.81. The second-order valence-electron chi connectivity index (χ2n) is 11.1. The molecule has 26 heavy (non-hydrogen) atoms. The zero-order chi connectivity index (χ0) is 20.8. The Balaban J connectivity index is 3.53. The van der Waals surface area contributed by atoms with Gasteiger partial charge in [-0.25, -0.2) is 0 Å². The maximum Gasteiger partial charge on any atom is 0.260 e. The lowest BCUT2D eigenvalue weighted by molar-refractivity contribution is 0.310. The monoisotopic (exact) mass is 430 g/mol. The molecule has 1 fully saturated rings. The van der Waals surface area contributed by atoms with Gasteiger partial charge in [-0.3, -0.25) is 0 Å². The van der Waals surface area contributed by atoms with Gasteiger partial charge in [0.2, 0.25) is 0 Å². The van der Waals surface area contributed by atoms with Crippen LogP contribution in [0.25, 0.3) is 0 Å². The Morgan fingerprint density at radius 1 is 0.500 bits per heavy atom. The Labute approximate surface area is 170 Å². The first-order chi connectivity index (χ1) is 11.5. The fourth-order valence-corrected chi connectivity index (χ4v) is 42.8. The minimum atomic E-state index is -1.21. The highest BCUT2D eigenvalue weighted by atomic mass is 31.5. The van der Waals surface area contributed by atoms with E-state index in [1.165, 1.54) is 0 Å². The lowest BCUT2D eigenvalue weighted by Gasteiger charge is -2.66. The molecule has 0 radical (unpaired) electrons. The molecular weight excluding hydrogens is 384 g/mol. The van der Waals surface area contributed by atoms with Gasteiger partial charge in [0.15, 0.2) is 0 Å². The maximum absolute atomic E-state index is 2.95. The normalized spacial score (nSPS) is 22.6. The molecule has 0 atom stereocenters. The number of hydrogen-bond donors (Lipinski definition) is 0. The highest BCUT2D eigenvalue weighted by Gasteiger charge is 2.67. The Morgan fingerprint density at radius 2 is 0.692 bits per heavy atom. The largest absolute Gasteiger partial charge is 0.331 e. The first kappa shape index (κ1) is 25.4. The van der Waals surface area contributed by atoms with E-state index in [0.717, 1.165) is 12.6 Å². The third-order valence-electron chi connectivity index (χ3n) is 5.46. The smallest absolute Gasteiger partial charge is 0.260 e. The highest BCUT2D eigenvalue weighted by Crippen LogP contribution is 2.82. The topological polar surface area (TPSA) is 6.48 Å². The third-order valence-corrected chi connectivity index (χ3v) is 29.4. The molecule has 1 saturated heterocycles. The van der Waals surface area contributed by atoms with Gasteiger partial charge in [0.1, 0.15) is 0 Å². The molecule has 0 aliphatic carbocycles.